The first-order valence-corrected chi connectivity index (χ1v) is 8.52. The van der Waals surface area contributed by atoms with Gasteiger partial charge in [-0.15, -0.1) is 0 Å². The maximum atomic E-state index is 13.1. The molecule has 0 unspecified atom stereocenters. The summed E-state index contributed by atoms with van der Waals surface area (Å²) in [6.45, 7) is 0. The summed E-state index contributed by atoms with van der Waals surface area (Å²) in [5.41, 5.74) is 3.11. The van der Waals surface area contributed by atoms with Crippen molar-refractivity contribution >= 4 is 10.9 Å². The predicted octanol–water partition coefficient (Wildman–Crippen LogP) is 4.48. The number of aromatic nitrogens is 1. The third-order valence-electron chi connectivity index (χ3n) is 4.72. The minimum atomic E-state index is -0.0741. The molecule has 5 nitrogen and oxygen atoms in total. The van der Waals surface area contributed by atoms with Crippen LogP contribution in [0.3, 0.4) is 0 Å². The van der Waals surface area contributed by atoms with Crippen molar-refractivity contribution < 1.29 is 13.9 Å². The molecule has 27 heavy (non-hydrogen) atoms. The molecule has 0 aliphatic heterocycles. The zero-order valence-electron chi connectivity index (χ0n) is 15.4. The fraction of sp³-hybridized carbons (Fsp3) is 0.136. The van der Waals surface area contributed by atoms with E-state index in [-0.39, 0.29) is 5.43 Å². The van der Waals surface area contributed by atoms with Crippen molar-refractivity contribution in [1.82, 2.24) is 4.57 Å². The van der Waals surface area contributed by atoms with Crippen LogP contribution in [-0.2, 0) is 7.05 Å². The minimum Gasteiger partial charge on any atom is -0.497 e. The Hall–Kier alpha value is -3.47. The zero-order chi connectivity index (χ0) is 19.0. The van der Waals surface area contributed by atoms with Crippen molar-refractivity contribution in [1.29, 1.82) is 0 Å². The molecule has 0 saturated heterocycles. The molecule has 5 heteroatoms. The van der Waals surface area contributed by atoms with Gasteiger partial charge in [-0.2, -0.15) is 0 Å². The van der Waals surface area contributed by atoms with Gasteiger partial charge in [-0.3, -0.25) is 4.79 Å². The smallest absolute Gasteiger partial charge is 0.190 e. The van der Waals surface area contributed by atoms with Gasteiger partial charge in [-0.05, 0) is 30.3 Å². The van der Waals surface area contributed by atoms with Crippen LogP contribution in [0.2, 0.25) is 0 Å². The second kappa shape index (κ2) is 6.68. The Balaban J connectivity index is 2.06. The second-order valence-electron chi connectivity index (χ2n) is 6.23. The molecule has 0 fully saturated rings. The van der Waals surface area contributed by atoms with Crippen molar-refractivity contribution in [2.75, 3.05) is 14.2 Å². The zero-order valence-corrected chi connectivity index (χ0v) is 15.4. The Morgan fingerprint density at radius 1 is 0.926 bits per heavy atom. The van der Waals surface area contributed by atoms with E-state index in [4.69, 9.17) is 13.9 Å². The van der Waals surface area contributed by atoms with Crippen LogP contribution in [0.25, 0.3) is 33.5 Å². The van der Waals surface area contributed by atoms with E-state index in [1.54, 1.807) is 32.6 Å². The molecule has 0 aliphatic carbocycles. The van der Waals surface area contributed by atoms with Crippen LogP contribution in [0.4, 0.5) is 0 Å². The van der Waals surface area contributed by atoms with Gasteiger partial charge in [0.1, 0.15) is 17.3 Å². The van der Waals surface area contributed by atoms with E-state index in [0.717, 1.165) is 22.5 Å². The van der Waals surface area contributed by atoms with Crippen molar-refractivity contribution in [2.24, 2.45) is 7.05 Å². The van der Waals surface area contributed by atoms with Gasteiger partial charge in [0.25, 0.3) is 0 Å². The van der Waals surface area contributed by atoms with E-state index >= 15 is 0 Å². The fourth-order valence-corrected chi connectivity index (χ4v) is 3.35. The Bertz CT molecular complexity index is 1170. The maximum Gasteiger partial charge on any atom is 0.190 e. The Morgan fingerprint density at radius 2 is 1.74 bits per heavy atom. The summed E-state index contributed by atoms with van der Waals surface area (Å²) in [7, 11) is 5.16. The van der Waals surface area contributed by atoms with Gasteiger partial charge >= 0.3 is 0 Å². The third-order valence-corrected chi connectivity index (χ3v) is 4.72. The monoisotopic (exact) mass is 361 g/mol. The molecule has 2 heterocycles. The molecular formula is C22H19NO4. The highest BCUT2D eigenvalue weighted by molar-refractivity contribution is 5.96. The Labute approximate surface area is 156 Å². The number of nitrogens with zero attached hydrogens (tertiary/aromatic N) is 1. The first-order valence-electron chi connectivity index (χ1n) is 8.52. The number of furan rings is 1. The lowest BCUT2D eigenvalue weighted by Gasteiger charge is -2.16. The van der Waals surface area contributed by atoms with Gasteiger partial charge in [0, 0.05) is 30.3 Å². The van der Waals surface area contributed by atoms with Gasteiger partial charge in [-0.1, -0.05) is 12.1 Å². The number of ether oxygens (including phenoxy) is 2. The first-order chi connectivity index (χ1) is 13.1. The summed E-state index contributed by atoms with van der Waals surface area (Å²) in [5.74, 6) is 2.03. The summed E-state index contributed by atoms with van der Waals surface area (Å²) in [6.07, 6.45) is 1.59. The van der Waals surface area contributed by atoms with Crippen LogP contribution in [0, 0.1) is 0 Å². The number of pyridine rings is 1. The van der Waals surface area contributed by atoms with E-state index in [2.05, 4.69) is 0 Å². The summed E-state index contributed by atoms with van der Waals surface area (Å²) in [6, 6.07) is 16.6. The van der Waals surface area contributed by atoms with E-state index in [1.807, 2.05) is 54.1 Å². The molecule has 0 atom stereocenters. The molecule has 0 bridgehead atoms. The molecular weight excluding hydrogens is 342 g/mol. The minimum absolute atomic E-state index is 0.0741. The van der Waals surface area contributed by atoms with Crippen molar-refractivity contribution in [3.8, 4) is 34.1 Å². The first kappa shape index (κ1) is 17.0. The van der Waals surface area contributed by atoms with Crippen molar-refractivity contribution in [2.45, 2.75) is 0 Å². The summed E-state index contributed by atoms with van der Waals surface area (Å²) in [4.78, 5) is 13.1. The number of hydrogen-bond acceptors (Lipinski definition) is 4. The number of benzene rings is 2. The molecule has 4 aromatic rings. The topological polar surface area (TPSA) is 53.6 Å². The van der Waals surface area contributed by atoms with Crippen LogP contribution in [-0.4, -0.2) is 18.8 Å². The molecule has 136 valence electrons. The van der Waals surface area contributed by atoms with Gasteiger partial charge < -0.3 is 18.5 Å². The molecule has 0 spiro atoms. The van der Waals surface area contributed by atoms with Crippen LogP contribution in [0.15, 0.2) is 70.1 Å². The summed E-state index contributed by atoms with van der Waals surface area (Å²) >= 11 is 0. The lowest BCUT2D eigenvalue weighted by Crippen LogP contribution is -2.10. The van der Waals surface area contributed by atoms with E-state index < -0.39 is 0 Å². The molecule has 2 aromatic carbocycles. The van der Waals surface area contributed by atoms with E-state index in [1.165, 1.54) is 0 Å². The quantitative estimate of drug-likeness (QED) is 0.538. The highest BCUT2D eigenvalue weighted by Gasteiger charge is 2.16. The van der Waals surface area contributed by atoms with E-state index in [9.17, 15) is 4.79 Å². The summed E-state index contributed by atoms with van der Waals surface area (Å²) < 4.78 is 18.3. The second-order valence-corrected chi connectivity index (χ2v) is 6.23. The van der Waals surface area contributed by atoms with Crippen LogP contribution in [0.1, 0.15) is 0 Å². The number of hydrogen-bond donors (Lipinski definition) is 0. The van der Waals surface area contributed by atoms with Crippen LogP contribution >= 0.6 is 0 Å². The number of methoxy groups -OCH3 is 2. The highest BCUT2D eigenvalue weighted by Crippen LogP contribution is 2.33. The van der Waals surface area contributed by atoms with Gasteiger partial charge in [0.2, 0.25) is 0 Å². The van der Waals surface area contributed by atoms with Gasteiger partial charge in [-0.25, -0.2) is 0 Å². The molecule has 2 aromatic heterocycles. The standard InChI is InChI=1S/C22H19NO4/c1-23-18(14-6-4-7-15(10-14)25-2)13-20(24)22-17(21-8-5-9-27-21)11-16(26-3)12-19(22)23/h4-13H,1-3H3. The van der Waals surface area contributed by atoms with Crippen LogP contribution < -0.4 is 14.9 Å². The van der Waals surface area contributed by atoms with Crippen molar-refractivity contribution in [3.63, 3.8) is 0 Å². The highest BCUT2D eigenvalue weighted by atomic mass is 16.5. The molecule has 0 radical (unpaired) electrons. The average molecular weight is 361 g/mol. The Morgan fingerprint density at radius 3 is 2.44 bits per heavy atom. The normalized spacial score (nSPS) is 10.9. The third kappa shape index (κ3) is 2.87. The number of rotatable bonds is 4. The number of aryl methyl sites for hydroxylation is 1. The molecule has 0 saturated carbocycles. The Kier molecular flexibility index (Phi) is 4.20. The maximum absolute atomic E-state index is 13.1. The predicted molar refractivity (Wildman–Crippen MR) is 105 cm³/mol. The molecule has 0 amide bonds. The van der Waals surface area contributed by atoms with Gasteiger partial charge in [0.05, 0.1) is 37.1 Å². The van der Waals surface area contributed by atoms with E-state index in [0.29, 0.717) is 22.5 Å². The lowest BCUT2D eigenvalue weighted by molar-refractivity contribution is 0.415. The largest absolute Gasteiger partial charge is 0.497 e. The number of fused-ring (bicyclic) bond motifs is 1. The lowest BCUT2D eigenvalue weighted by atomic mass is 10.0. The molecule has 0 N–H and O–H groups in total. The average Bonchev–Trinajstić information content (AvgIpc) is 3.24. The molecule has 4 rings (SSSR count). The molecule has 0 aliphatic rings. The van der Waals surface area contributed by atoms with Gasteiger partial charge in [0.15, 0.2) is 5.43 Å². The van der Waals surface area contributed by atoms with Crippen molar-refractivity contribution in [3.05, 3.63) is 71.1 Å². The fourth-order valence-electron chi connectivity index (χ4n) is 3.35. The summed E-state index contributed by atoms with van der Waals surface area (Å²) in [5, 5.41) is 0.597. The SMILES string of the molecule is COc1cccc(-c2cc(=O)c3c(-c4ccco4)cc(OC)cc3n2C)c1. The van der Waals surface area contributed by atoms with Crippen LogP contribution in [0.5, 0.6) is 11.5 Å².